The Bertz CT molecular complexity index is 2340. The lowest BCUT2D eigenvalue weighted by molar-refractivity contribution is -0.134. The normalized spacial score (nSPS) is 20.5. The number of pyridine rings is 1. The number of aromatic nitrogens is 4. The van der Waals surface area contributed by atoms with Crippen LogP contribution >= 0.6 is 0 Å². The van der Waals surface area contributed by atoms with Crippen LogP contribution in [0, 0.1) is 5.82 Å². The number of piperidine rings is 1. The van der Waals surface area contributed by atoms with Crippen molar-refractivity contribution in [3.05, 3.63) is 107 Å². The number of nitrogens with zero attached hydrogens (tertiary/aromatic N) is 7. The van der Waals surface area contributed by atoms with Gasteiger partial charge in [0, 0.05) is 45.7 Å². The molecule has 3 fully saturated rings. The highest BCUT2D eigenvalue weighted by Gasteiger charge is 2.37. The highest BCUT2D eigenvalue weighted by molar-refractivity contribution is 6.22. The first-order valence-electron chi connectivity index (χ1n) is 18.5. The van der Waals surface area contributed by atoms with Gasteiger partial charge in [0.15, 0.2) is 5.65 Å². The highest BCUT2D eigenvalue weighted by Crippen LogP contribution is 2.36. The van der Waals surface area contributed by atoms with Crippen LogP contribution in [0.2, 0.25) is 0 Å². The molecule has 4 aliphatic heterocycles. The Kier molecular flexibility index (Phi) is 8.61. The van der Waals surface area contributed by atoms with Crippen molar-refractivity contribution >= 4 is 40.9 Å². The van der Waals surface area contributed by atoms with Crippen LogP contribution in [0.25, 0.3) is 17.0 Å². The lowest BCUT2D eigenvalue weighted by Gasteiger charge is -2.35. The molecule has 4 amide bonds. The van der Waals surface area contributed by atoms with Crippen LogP contribution in [-0.4, -0.2) is 87.4 Å². The summed E-state index contributed by atoms with van der Waals surface area (Å²) < 4.78 is 15.9. The third-order valence-corrected chi connectivity index (χ3v) is 11.1. The van der Waals surface area contributed by atoms with Crippen molar-refractivity contribution in [2.24, 2.45) is 0 Å². The van der Waals surface area contributed by atoms with Gasteiger partial charge in [-0.2, -0.15) is 0 Å². The summed E-state index contributed by atoms with van der Waals surface area (Å²) in [5.74, 6) is -0.959. The lowest BCUT2D eigenvalue weighted by atomic mass is 9.84. The predicted molar refractivity (Wildman–Crippen MR) is 198 cm³/mol. The summed E-state index contributed by atoms with van der Waals surface area (Å²) in [4.78, 5) is 66.4. The zero-order chi connectivity index (χ0) is 36.9. The summed E-state index contributed by atoms with van der Waals surface area (Å²) in [5.41, 5.74) is 5.12. The van der Waals surface area contributed by atoms with Crippen molar-refractivity contribution in [1.82, 2.24) is 35.1 Å². The number of piperazine rings is 1. The molecule has 2 N–H and O–H groups in total. The maximum absolute atomic E-state index is 14.1. The van der Waals surface area contributed by atoms with E-state index in [1.807, 2.05) is 47.0 Å². The van der Waals surface area contributed by atoms with Gasteiger partial charge in [0.05, 0.1) is 35.0 Å². The maximum atomic E-state index is 14.1. The topological polar surface area (TPSA) is 145 Å². The molecule has 0 saturated carbocycles. The van der Waals surface area contributed by atoms with Crippen LogP contribution in [0.1, 0.15) is 75.0 Å². The lowest BCUT2D eigenvalue weighted by Crippen LogP contribution is -2.47. The molecule has 0 radical (unpaired) electrons. The van der Waals surface area contributed by atoms with Gasteiger partial charge in [-0.1, -0.05) is 24.3 Å². The standard InChI is InChI=1S/C40H38FN9O4/c41-26-5-1-4-25(22-26)31-7-3-14-49(31)35-11-10-33-42-23-32(50(33)46-35)30-6-2-8-34(43-30)48-18-16-47(17-19-48)15-13-24-20-28(27-9-12-36(51)44-38(27)52)37-29(21-24)39(53)45-40(37)54/h1-2,4-6,8,10-11,20-23,27,31H,3,7,9,12-19H2,(H,44,51,52)(H,45,53,54)/t27?,31-/m1/s1. The smallest absolute Gasteiger partial charge is 0.259 e. The molecule has 2 atom stereocenters. The van der Waals surface area contributed by atoms with Gasteiger partial charge < -0.3 is 9.80 Å². The van der Waals surface area contributed by atoms with E-state index in [0.717, 1.165) is 91.9 Å². The van der Waals surface area contributed by atoms with E-state index in [2.05, 4.69) is 30.3 Å². The van der Waals surface area contributed by atoms with Crippen molar-refractivity contribution < 1.29 is 23.6 Å². The van der Waals surface area contributed by atoms with E-state index in [-0.39, 0.29) is 35.3 Å². The molecule has 14 heteroatoms. The van der Waals surface area contributed by atoms with Crippen molar-refractivity contribution in [2.75, 3.05) is 49.1 Å². The SMILES string of the molecule is O=C1CCC(c2cc(CCN3CCN(c4cccc(-c5cnc6ccc(N7CCC[C@@H]7c7cccc(F)c7)nn56)n4)CC3)cc3c2C(=O)NC3=O)C(=O)N1. The van der Waals surface area contributed by atoms with Gasteiger partial charge in [-0.15, -0.1) is 5.10 Å². The second-order valence-corrected chi connectivity index (χ2v) is 14.4. The van der Waals surface area contributed by atoms with Gasteiger partial charge in [-0.05, 0) is 84.8 Å². The average Bonchev–Trinajstić information content (AvgIpc) is 3.91. The van der Waals surface area contributed by atoms with Crippen LogP contribution in [-0.2, 0) is 16.0 Å². The number of carbonyl (C=O) groups is 4. The van der Waals surface area contributed by atoms with Gasteiger partial charge in [0.1, 0.15) is 23.1 Å². The summed E-state index contributed by atoms with van der Waals surface area (Å²) >= 11 is 0. The fraction of sp³-hybridized carbons (Fsp3) is 0.325. The van der Waals surface area contributed by atoms with E-state index in [1.165, 1.54) is 6.07 Å². The number of hydrogen-bond acceptors (Lipinski definition) is 10. The molecule has 0 spiro atoms. The van der Waals surface area contributed by atoms with E-state index in [4.69, 9.17) is 10.1 Å². The third-order valence-electron chi connectivity index (χ3n) is 11.1. The Hall–Kier alpha value is -6.02. The monoisotopic (exact) mass is 727 g/mol. The van der Waals surface area contributed by atoms with Gasteiger partial charge in [-0.3, -0.25) is 34.7 Å². The fourth-order valence-electron chi connectivity index (χ4n) is 8.32. The molecule has 2 aromatic carbocycles. The molecule has 0 aliphatic carbocycles. The molecule has 9 rings (SSSR count). The number of fused-ring (bicyclic) bond motifs is 2. The molecule has 3 aromatic heterocycles. The van der Waals surface area contributed by atoms with Crippen LogP contribution in [0.15, 0.2) is 72.9 Å². The highest BCUT2D eigenvalue weighted by atomic mass is 19.1. The zero-order valence-electron chi connectivity index (χ0n) is 29.5. The van der Waals surface area contributed by atoms with Crippen LogP contribution in [0.3, 0.4) is 0 Å². The molecule has 5 aromatic rings. The van der Waals surface area contributed by atoms with Crippen molar-refractivity contribution in [3.63, 3.8) is 0 Å². The largest absolute Gasteiger partial charge is 0.354 e. The van der Waals surface area contributed by atoms with E-state index < -0.39 is 23.6 Å². The molecule has 7 heterocycles. The minimum absolute atomic E-state index is 0.0497. The number of anilines is 2. The quantitative estimate of drug-likeness (QED) is 0.225. The second-order valence-electron chi connectivity index (χ2n) is 14.4. The predicted octanol–water partition coefficient (Wildman–Crippen LogP) is 4.04. The summed E-state index contributed by atoms with van der Waals surface area (Å²) in [5, 5.41) is 9.75. The first-order chi connectivity index (χ1) is 26.3. The van der Waals surface area contributed by atoms with Crippen LogP contribution in [0.5, 0.6) is 0 Å². The van der Waals surface area contributed by atoms with E-state index in [1.54, 1.807) is 24.4 Å². The maximum Gasteiger partial charge on any atom is 0.259 e. The molecule has 54 heavy (non-hydrogen) atoms. The van der Waals surface area contributed by atoms with Gasteiger partial charge in [-0.25, -0.2) is 18.9 Å². The minimum atomic E-state index is -0.664. The average molecular weight is 728 g/mol. The van der Waals surface area contributed by atoms with Gasteiger partial charge in [0.2, 0.25) is 11.8 Å². The van der Waals surface area contributed by atoms with Crippen molar-refractivity contribution in [3.8, 4) is 11.4 Å². The summed E-state index contributed by atoms with van der Waals surface area (Å²) in [6.07, 6.45) is 4.83. The number of amides is 4. The number of nitrogens with one attached hydrogen (secondary N) is 2. The number of imide groups is 2. The van der Waals surface area contributed by atoms with Crippen LogP contribution in [0.4, 0.5) is 16.0 Å². The van der Waals surface area contributed by atoms with E-state index in [9.17, 15) is 23.6 Å². The first-order valence-corrected chi connectivity index (χ1v) is 18.5. The molecule has 3 saturated heterocycles. The second kappa shape index (κ2) is 13.8. The third kappa shape index (κ3) is 6.25. The summed E-state index contributed by atoms with van der Waals surface area (Å²) in [7, 11) is 0. The molecule has 4 aliphatic rings. The number of benzene rings is 2. The summed E-state index contributed by atoms with van der Waals surface area (Å²) in [6.45, 7) is 4.71. The fourth-order valence-corrected chi connectivity index (χ4v) is 8.32. The molecular formula is C40H38FN9O4. The van der Waals surface area contributed by atoms with Gasteiger partial charge in [0.25, 0.3) is 11.8 Å². The summed E-state index contributed by atoms with van der Waals surface area (Å²) in [6, 6.07) is 20.4. The Labute approximate surface area is 310 Å². The van der Waals surface area contributed by atoms with E-state index >= 15 is 0 Å². The number of halogens is 1. The molecule has 1 unspecified atom stereocenters. The Balaban J connectivity index is 0.880. The molecule has 274 valence electrons. The van der Waals surface area contributed by atoms with Gasteiger partial charge >= 0.3 is 0 Å². The number of imidazole rings is 1. The van der Waals surface area contributed by atoms with Crippen LogP contribution < -0.4 is 20.4 Å². The van der Waals surface area contributed by atoms with Crippen molar-refractivity contribution in [2.45, 2.75) is 44.1 Å². The Morgan fingerprint density at radius 1 is 0.833 bits per heavy atom. The molecule has 0 bridgehead atoms. The van der Waals surface area contributed by atoms with E-state index in [0.29, 0.717) is 18.4 Å². The molecule has 13 nitrogen and oxygen atoms in total. The number of hydrogen-bond donors (Lipinski definition) is 2. The minimum Gasteiger partial charge on any atom is -0.354 e. The Morgan fingerprint density at radius 3 is 2.52 bits per heavy atom. The zero-order valence-corrected chi connectivity index (χ0v) is 29.5. The number of rotatable bonds is 8. The Morgan fingerprint density at radius 2 is 1.69 bits per heavy atom. The number of carbonyl (C=O) groups excluding carboxylic acids is 4. The van der Waals surface area contributed by atoms with Crippen molar-refractivity contribution in [1.29, 1.82) is 0 Å². The first kappa shape index (κ1) is 33.8. The molecular weight excluding hydrogens is 689 g/mol.